The third-order valence-electron chi connectivity index (χ3n) is 2.20. The average molecular weight is 302 g/mol. The lowest BCUT2D eigenvalue weighted by atomic mass is 9.95. The number of rotatable bonds is 4. The first-order chi connectivity index (χ1) is 6.84. The zero-order valence-electron chi connectivity index (χ0n) is 8.16. The molecule has 0 saturated carbocycles. The normalized spacial score (nSPS) is 20.9. The third-order valence-corrected chi connectivity index (χ3v) is 2.96. The van der Waals surface area contributed by atoms with Crippen molar-refractivity contribution in [2.75, 3.05) is 4.43 Å². The van der Waals surface area contributed by atoms with Crippen molar-refractivity contribution < 1.29 is 4.79 Å². The predicted molar refractivity (Wildman–Crippen MR) is 68.7 cm³/mol. The summed E-state index contributed by atoms with van der Waals surface area (Å²) in [6.07, 6.45) is 14.6. The summed E-state index contributed by atoms with van der Waals surface area (Å²) in [5.74, 6) is 0.332. The highest BCUT2D eigenvalue weighted by molar-refractivity contribution is 14.1. The Morgan fingerprint density at radius 1 is 1.14 bits per heavy atom. The van der Waals surface area contributed by atoms with Crippen LogP contribution in [0.3, 0.4) is 0 Å². The van der Waals surface area contributed by atoms with E-state index in [0.29, 0.717) is 0 Å². The van der Waals surface area contributed by atoms with Gasteiger partial charge in [0.05, 0.1) is 0 Å². The molecule has 0 aromatic carbocycles. The lowest BCUT2D eigenvalue weighted by Crippen LogP contribution is -2.09. The van der Waals surface area contributed by atoms with Crippen molar-refractivity contribution in [3.8, 4) is 0 Å². The first-order valence-corrected chi connectivity index (χ1v) is 6.48. The number of halogens is 1. The summed E-state index contributed by atoms with van der Waals surface area (Å²) in [5, 5.41) is 0. The molecule has 0 aliphatic heterocycles. The summed E-state index contributed by atoms with van der Waals surface area (Å²) in [4.78, 5) is 11.6. The molecule has 1 nitrogen and oxygen atoms in total. The smallest absolute Gasteiger partial charge is 0.162 e. The van der Waals surface area contributed by atoms with Crippen LogP contribution >= 0.6 is 22.6 Å². The van der Waals surface area contributed by atoms with Crippen LogP contribution in [-0.2, 0) is 4.79 Å². The highest BCUT2D eigenvalue weighted by Gasteiger charge is 2.11. The quantitative estimate of drug-likeness (QED) is 0.441. The van der Waals surface area contributed by atoms with Gasteiger partial charge in [-0.3, -0.25) is 4.79 Å². The Morgan fingerprint density at radius 3 is 2.71 bits per heavy atom. The maximum Gasteiger partial charge on any atom is 0.162 e. The molecule has 0 heterocycles. The molecular weight excluding hydrogens is 287 g/mol. The maximum absolute atomic E-state index is 11.6. The van der Waals surface area contributed by atoms with Crippen LogP contribution in [0.25, 0.3) is 0 Å². The number of hydrogen-bond donors (Lipinski definition) is 0. The summed E-state index contributed by atoms with van der Waals surface area (Å²) in [6.45, 7) is 0. The van der Waals surface area contributed by atoms with Gasteiger partial charge in [0.2, 0.25) is 0 Å². The van der Waals surface area contributed by atoms with Gasteiger partial charge in [0, 0.05) is 5.92 Å². The van der Waals surface area contributed by atoms with Gasteiger partial charge in [0.15, 0.2) is 5.78 Å². The second-order valence-electron chi connectivity index (χ2n) is 3.32. The maximum atomic E-state index is 11.6. The van der Waals surface area contributed by atoms with E-state index in [9.17, 15) is 4.79 Å². The second-order valence-corrected chi connectivity index (χ2v) is 4.40. The molecule has 1 atom stereocenters. The highest BCUT2D eigenvalue weighted by Crippen LogP contribution is 2.14. The largest absolute Gasteiger partial charge is 0.294 e. The minimum atomic E-state index is 0.0964. The molecule has 0 saturated heterocycles. The first kappa shape index (κ1) is 11.7. The topological polar surface area (TPSA) is 17.1 Å². The molecule has 1 aliphatic carbocycles. The molecule has 0 aromatic heterocycles. The molecule has 2 heteroatoms. The molecule has 0 N–H and O–H groups in total. The van der Waals surface area contributed by atoms with Crippen LogP contribution in [0.2, 0.25) is 0 Å². The van der Waals surface area contributed by atoms with Crippen LogP contribution in [0.5, 0.6) is 0 Å². The molecule has 1 rings (SSSR count). The van der Waals surface area contributed by atoms with Crippen LogP contribution in [0, 0.1) is 5.92 Å². The van der Waals surface area contributed by atoms with Crippen molar-refractivity contribution in [2.45, 2.75) is 19.3 Å². The Hall–Kier alpha value is -0.380. The summed E-state index contributed by atoms with van der Waals surface area (Å²) in [7, 11) is 0. The van der Waals surface area contributed by atoms with Gasteiger partial charge < -0.3 is 0 Å². The van der Waals surface area contributed by atoms with Gasteiger partial charge in [-0.1, -0.05) is 59.4 Å². The average Bonchev–Trinajstić information content (AvgIpc) is 2.17. The molecule has 0 fully saturated rings. The lowest BCUT2D eigenvalue weighted by Gasteiger charge is -2.08. The summed E-state index contributed by atoms with van der Waals surface area (Å²) in [6, 6.07) is 0. The SMILES string of the molecule is O=C1C=CC=CC=CC1CCCCI. The molecule has 0 bridgehead atoms. The van der Waals surface area contributed by atoms with Crippen LogP contribution in [-0.4, -0.2) is 10.2 Å². The van der Waals surface area contributed by atoms with Gasteiger partial charge in [0.25, 0.3) is 0 Å². The Kier molecular flexibility index (Phi) is 5.83. The van der Waals surface area contributed by atoms with Crippen LogP contribution in [0.1, 0.15) is 19.3 Å². The van der Waals surface area contributed by atoms with Crippen LogP contribution in [0.15, 0.2) is 36.5 Å². The van der Waals surface area contributed by atoms with Gasteiger partial charge >= 0.3 is 0 Å². The van der Waals surface area contributed by atoms with Gasteiger partial charge in [-0.25, -0.2) is 0 Å². The minimum absolute atomic E-state index is 0.0964. The number of hydrogen-bond acceptors (Lipinski definition) is 1. The minimum Gasteiger partial charge on any atom is -0.294 e. The third kappa shape index (κ3) is 4.22. The molecule has 76 valence electrons. The summed E-state index contributed by atoms with van der Waals surface area (Å²) in [5.41, 5.74) is 0. The van der Waals surface area contributed by atoms with E-state index in [2.05, 4.69) is 22.6 Å². The van der Waals surface area contributed by atoms with Crippen molar-refractivity contribution in [3.63, 3.8) is 0 Å². The van der Waals surface area contributed by atoms with E-state index in [1.807, 2.05) is 30.4 Å². The predicted octanol–water partition coefficient (Wildman–Crippen LogP) is 3.46. The fourth-order valence-electron chi connectivity index (χ4n) is 1.39. The van der Waals surface area contributed by atoms with E-state index in [1.165, 1.54) is 10.8 Å². The molecular formula is C12H15IO. The highest BCUT2D eigenvalue weighted by atomic mass is 127. The fraction of sp³-hybridized carbons (Fsp3) is 0.417. The molecule has 0 spiro atoms. The molecule has 0 amide bonds. The second kappa shape index (κ2) is 6.98. The van der Waals surface area contributed by atoms with Gasteiger partial charge in [0.1, 0.15) is 0 Å². The van der Waals surface area contributed by atoms with Gasteiger partial charge in [-0.2, -0.15) is 0 Å². The van der Waals surface area contributed by atoms with E-state index < -0.39 is 0 Å². The zero-order valence-corrected chi connectivity index (χ0v) is 10.3. The van der Waals surface area contributed by atoms with E-state index in [-0.39, 0.29) is 11.7 Å². The van der Waals surface area contributed by atoms with Gasteiger partial charge in [-0.05, 0) is 23.3 Å². The monoisotopic (exact) mass is 302 g/mol. The Labute approximate surface area is 99.1 Å². The Bertz CT molecular complexity index is 263. The standard InChI is InChI=1S/C12H15IO/c13-10-6-5-8-11-7-3-1-2-4-9-12(11)14/h1-4,7,9,11H,5-6,8,10H2. The molecule has 1 unspecified atom stereocenters. The number of ketones is 1. The van der Waals surface area contributed by atoms with Crippen LogP contribution < -0.4 is 0 Å². The van der Waals surface area contributed by atoms with Crippen molar-refractivity contribution in [1.29, 1.82) is 0 Å². The number of allylic oxidation sites excluding steroid dienone is 6. The fourth-order valence-corrected chi connectivity index (χ4v) is 1.93. The lowest BCUT2D eigenvalue weighted by molar-refractivity contribution is -0.117. The number of unbranched alkanes of at least 4 members (excludes halogenated alkanes) is 1. The van der Waals surface area contributed by atoms with E-state index in [4.69, 9.17) is 0 Å². The van der Waals surface area contributed by atoms with E-state index >= 15 is 0 Å². The molecule has 14 heavy (non-hydrogen) atoms. The van der Waals surface area contributed by atoms with Crippen molar-refractivity contribution >= 4 is 28.4 Å². The number of alkyl halides is 1. The molecule has 0 radical (unpaired) electrons. The molecule has 0 aromatic rings. The number of carbonyl (C=O) groups excluding carboxylic acids is 1. The Balaban J connectivity index is 2.48. The van der Waals surface area contributed by atoms with E-state index in [1.54, 1.807) is 6.08 Å². The van der Waals surface area contributed by atoms with Crippen molar-refractivity contribution in [3.05, 3.63) is 36.5 Å². The van der Waals surface area contributed by atoms with E-state index in [0.717, 1.165) is 12.8 Å². The molecule has 1 aliphatic rings. The van der Waals surface area contributed by atoms with Crippen molar-refractivity contribution in [2.24, 2.45) is 5.92 Å². The van der Waals surface area contributed by atoms with Gasteiger partial charge in [-0.15, -0.1) is 0 Å². The Morgan fingerprint density at radius 2 is 1.93 bits per heavy atom. The van der Waals surface area contributed by atoms with Crippen molar-refractivity contribution in [1.82, 2.24) is 0 Å². The number of carbonyl (C=O) groups is 1. The zero-order chi connectivity index (χ0) is 10.2. The first-order valence-electron chi connectivity index (χ1n) is 4.96. The summed E-state index contributed by atoms with van der Waals surface area (Å²) >= 11 is 2.37. The summed E-state index contributed by atoms with van der Waals surface area (Å²) < 4.78 is 1.18. The van der Waals surface area contributed by atoms with Crippen LogP contribution in [0.4, 0.5) is 0 Å².